The van der Waals surface area contributed by atoms with Crippen LogP contribution in [0.5, 0.6) is 0 Å². The Kier molecular flexibility index (Phi) is 3.45. The van der Waals surface area contributed by atoms with Crippen LogP contribution in [-0.4, -0.2) is 50.9 Å². The van der Waals surface area contributed by atoms with Crippen molar-refractivity contribution in [3.8, 4) is 0 Å². The Morgan fingerprint density at radius 1 is 1.22 bits per heavy atom. The van der Waals surface area contributed by atoms with Crippen LogP contribution in [0.3, 0.4) is 0 Å². The third-order valence-electron chi connectivity index (χ3n) is 2.96. The topological polar surface area (TPSA) is 70.8 Å². The molecule has 1 aliphatic rings. The van der Waals surface area contributed by atoms with Crippen molar-refractivity contribution in [3.63, 3.8) is 0 Å². The third-order valence-corrected chi connectivity index (χ3v) is 4.26. The Hall–Kier alpha value is -1.34. The van der Waals surface area contributed by atoms with Gasteiger partial charge in [0.1, 0.15) is 0 Å². The quantitative estimate of drug-likeness (QED) is 0.752. The number of Topliss-reactive ketones (excluding diaryl/α,β-unsaturated/α-hetero) is 1. The van der Waals surface area contributed by atoms with Gasteiger partial charge in [0.2, 0.25) is 10.0 Å². The van der Waals surface area contributed by atoms with E-state index in [-0.39, 0.29) is 5.78 Å². The van der Waals surface area contributed by atoms with E-state index in [0.717, 1.165) is 0 Å². The maximum atomic E-state index is 11.4. The third kappa shape index (κ3) is 2.73. The summed E-state index contributed by atoms with van der Waals surface area (Å²) < 4.78 is 29.6. The van der Waals surface area contributed by atoms with Crippen molar-refractivity contribution < 1.29 is 17.6 Å². The van der Waals surface area contributed by atoms with Crippen molar-refractivity contribution in [2.24, 2.45) is 0 Å². The Bertz CT molecular complexity index is 541. The molecule has 1 aliphatic heterocycles. The smallest absolute Gasteiger partial charge is 0.211 e. The molecule has 1 saturated heterocycles. The summed E-state index contributed by atoms with van der Waals surface area (Å²) in [5.41, 5.74) is 0. The van der Waals surface area contributed by atoms with Crippen LogP contribution in [0.2, 0.25) is 0 Å². The molecule has 18 heavy (non-hydrogen) atoms. The molecule has 1 aromatic rings. The Morgan fingerprint density at radius 3 is 2.28 bits per heavy atom. The molecular weight excluding hydrogens is 256 g/mol. The zero-order chi connectivity index (χ0) is 13.3. The number of hydrogen-bond acceptors (Lipinski definition) is 5. The number of carbonyl (C=O) groups is 1. The summed E-state index contributed by atoms with van der Waals surface area (Å²) in [6.45, 7) is 3.46. The molecule has 100 valence electrons. The number of hydrogen-bond donors (Lipinski definition) is 0. The second-order valence-corrected chi connectivity index (χ2v) is 6.33. The Morgan fingerprint density at radius 2 is 1.83 bits per heavy atom. The highest BCUT2D eigenvalue weighted by molar-refractivity contribution is 7.88. The van der Waals surface area contributed by atoms with E-state index < -0.39 is 10.0 Å². The number of rotatable bonds is 3. The van der Waals surface area contributed by atoms with Gasteiger partial charge in [-0.3, -0.25) is 4.79 Å². The van der Waals surface area contributed by atoms with E-state index in [1.54, 1.807) is 12.1 Å². The van der Waals surface area contributed by atoms with Crippen LogP contribution in [0, 0.1) is 0 Å². The molecule has 6 nitrogen and oxygen atoms in total. The fraction of sp³-hybridized carbons (Fsp3) is 0.545. The highest BCUT2D eigenvalue weighted by Crippen LogP contribution is 2.20. The van der Waals surface area contributed by atoms with E-state index in [9.17, 15) is 13.2 Å². The van der Waals surface area contributed by atoms with Crippen molar-refractivity contribution in [1.29, 1.82) is 0 Å². The summed E-state index contributed by atoms with van der Waals surface area (Å²) in [6.07, 6.45) is 1.21. The molecule has 0 aromatic carbocycles. The van der Waals surface area contributed by atoms with Crippen LogP contribution in [0.25, 0.3) is 0 Å². The predicted molar refractivity (Wildman–Crippen MR) is 67.3 cm³/mol. The molecule has 0 radical (unpaired) electrons. The van der Waals surface area contributed by atoms with E-state index in [4.69, 9.17) is 4.42 Å². The monoisotopic (exact) mass is 272 g/mol. The first-order valence-corrected chi connectivity index (χ1v) is 7.53. The summed E-state index contributed by atoms with van der Waals surface area (Å²) >= 11 is 0. The first kappa shape index (κ1) is 13.1. The number of ketones is 1. The summed E-state index contributed by atoms with van der Waals surface area (Å²) in [7, 11) is -3.12. The van der Waals surface area contributed by atoms with Gasteiger partial charge in [-0.25, -0.2) is 8.42 Å². The summed E-state index contributed by atoms with van der Waals surface area (Å²) in [5, 5.41) is 0. The van der Waals surface area contributed by atoms with Gasteiger partial charge in [0, 0.05) is 39.2 Å². The lowest BCUT2D eigenvalue weighted by molar-refractivity contribution is 0.0987. The molecule has 1 aromatic heterocycles. The minimum absolute atomic E-state index is 0.115. The molecule has 2 rings (SSSR count). The van der Waals surface area contributed by atoms with Crippen LogP contribution in [-0.2, 0) is 10.0 Å². The van der Waals surface area contributed by atoms with Gasteiger partial charge in [0.05, 0.1) is 6.26 Å². The van der Waals surface area contributed by atoms with Crippen LogP contribution in [0.4, 0.5) is 5.88 Å². The van der Waals surface area contributed by atoms with Crippen LogP contribution in [0.1, 0.15) is 17.5 Å². The number of furan rings is 1. The standard InChI is InChI=1S/C11H16N2O4S/c1-9(14)10-3-4-11(17-10)12-5-7-13(8-6-12)18(2,15)16/h3-4H,5-8H2,1-2H3. The Balaban J connectivity index is 2.03. The first-order valence-electron chi connectivity index (χ1n) is 5.69. The van der Waals surface area contributed by atoms with Gasteiger partial charge in [-0.05, 0) is 6.07 Å². The highest BCUT2D eigenvalue weighted by Gasteiger charge is 2.24. The number of piperazine rings is 1. The molecule has 2 heterocycles. The largest absolute Gasteiger partial charge is 0.437 e. The molecule has 1 fully saturated rings. The maximum Gasteiger partial charge on any atom is 0.211 e. The van der Waals surface area contributed by atoms with E-state index in [1.807, 2.05) is 4.90 Å². The van der Waals surface area contributed by atoms with E-state index in [2.05, 4.69) is 0 Å². The summed E-state index contributed by atoms with van der Waals surface area (Å²) in [5.74, 6) is 0.833. The molecular formula is C11H16N2O4S. The van der Waals surface area contributed by atoms with Gasteiger partial charge >= 0.3 is 0 Å². The second kappa shape index (κ2) is 4.74. The highest BCUT2D eigenvalue weighted by atomic mass is 32.2. The minimum Gasteiger partial charge on any atom is -0.437 e. The average molecular weight is 272 g/mol. The molecule has 0 N–H and O–H groups in total. The van der Waals surface area contributed by atoms with E-state index in [0.29, 0.717) is 37.8 Å². The van der Waals surface area contributed by atoms with Crippen LogP contribution < -0.4 is 4.90 Å². The zero-order valence-corrected chi connectivity index (χ0v) is 11.2. The van der Waals surface area contributed by atoms with Crippen molar-refractivity contribution in [2.45, 2.75) is 6.92 Å². The van der Waals surface area contributed by atoms with Crippen LogP contribution >= 0.6 is 0 Å². The first-order chi connectivity index (χ1) is 8.38. The minimum atomic E-state index is -3.12. The molecule has 0 aliphatic carbocycles. The predicted octanol–water partition coefficient (Wildman–Crippen LogP) is 0.564. The van der Waals surface area contributed by atoms with Gasteiger partial charge in [0.15, 0.2) is 17.4 Å². The fourth-order valence-electron chi connectivity index (χ4n) is 1.93. The van der Waals surface area contributed by atoms with E-state index >= 15 is 0 Å². The number of carbonyl (C=O) groups excluding carboxylic acids is 1. The van der Waals surface area contributed by atoms with Crippen molar-refractivity contribution in [2.75, 3.05) is 37.3 Å². The summed E-state index contributed by atoms with van der Waals surface area (Å²) in [4.78, 5) is 13.1. The maximum absolute atomic E-state index is 11.4. The second-order valence-electron chi connectivity index (χ2n) is 4.34. The average Bonchev–Trinajstić information content (AvgIpc) is 2.77. The number of sulfonamides is 1. The SMILES string of the molecule is CC(=O)c1ccc(N2CCN(S(C)(=O)=O)CC2)o1. The van der Waals surface area contributed by atoms with Gasteiger partial charge in [-0.2, -0.15) is 4.31 Å². The normalized spacial score (nSPS) is 18.0. The fourth-order valence-corrected chi connectivity index (χ4v) is 2.75. The lowest BCUT2D eigenvalue weighted by Crippen LogP contribution is -2.48. The van der Waals surface area contributed by atoms with Gasteiger partial charge in [-0.15, -0.1) is 0 Å². The molecule has 0 spiro atoms. The Labute approximate surface area is 106 Å². The van der Waals surface area contributed by atoms with Crippen molar-refractivity contribution in [1.82, 2.24) is 4.31 Å². The van der Waals surface area contributed by atoms with Gasteiger partial charge < -0.3 is 9.32 Å². The molecule has 0 saturated carbocycles. The number of anilines is 1. The summed E-state index contributed by atoms with van der Waals surface area (Å²) in [6, 6.07) is 3.38. The van der Waals surface area contributed by atoms with Crippen molar-refractivity contribution in [3.05, 3.63) is 17.9 Å². The molecule has 7 heteroatoms. The van der Waals surface area contributed by atoms with Gasteiger partial charge in [0.25, 0.3) is 0 Å². The van der Waals surface area contributed by atoms with E-state index in [1.165, 1.54) is 17.5 Å². The van der Waals surface area contributed by atoms with Crippen LogP contribution in [0.15, 0.2) is 16.5 Å². The number of nitrogens with zero attached hydrogens (tertiary/aromatic N) is 2. The zero-order valence-electron chi connectivity index (χ0n) is 10.4. The van der Waals surface area contributed by atoms with Crippen molar-refractivity contribution >= 4 is 21.7 Å². The lowest BCUT2D eigenvalue weighted by atomic mass is 10.3. The molecule has 0 atom stereocenters. The van der Waals surface area contributed by atoms with Gasteiger partial charge in [-0.1, -0.05) is 0 Å². The molecule has 0 bridgehead atoms. The molecule has 0 amide bonds. The lowest BCUT2D eigenvalue weighted by Gasteiger charge is -2.32. The molecule has 0 unspecified atom stereocenters.